The summed E-state index contributed by atoms with van der Waals surface area (Å²) >= 11 is 0. The van der Waals surface area contributed by atoms with Crippen molar-refractivity contribution < 1.29 is 4.74 Å². The molecule has 17 heavy (non-hydrogen) atoms. The smallest absolute Gasteiger partial charge is 0.0601 e. The van der Waals surface area contributed by atoms with Crippen LogP contribution in [0.3, 0.4) is 0 Å². The first-order chi connectivity index (χ1) is 8.35. The zero-order chi connectivity index (χ0) is 11.7. The highest BCUT2D eigenvalue weighted by atomic mass is 16.5. The van der Waals surface area contributed by atoms with Crippen LogP contribution in [0.2, 0.25) is 0 Å². The first kappa shape index (κ1) is 11.1. The average molecular weight is 232 g/mol. The second-order valence-electron chi connectivity index (χ2n) is 5.08. The lowest BCUT2D eigenvalue weighted by atomic mass is 9.89. The summed E-state index contributed by atoms with van der Waals surface area (Å²) in [6.45, 7) is 2.07. The molecular formula is C14H20N2O. The van der Waals surface area contributed by atoms with Crippen molar-refractivity contribution in [2.75, 3.05) is 19.0 Å². The number of ether oxygens (including phenoxy) is 1. The molecule has 1 aromatic carbocycles. The van der Waals surface area contributed by atoms with E-state index in [1.807, 2.05) is 0 Å². The molecule has 3 heteroatoms. The summed E-state index contributed by atoms with van der Waals surface area (Å²) in [5.74, 6) is 0. The highest BCUT2D eigenvalue weighted by Gasteiger charge is 2.28. The van der Waals surface area contributed by atoms with Crippen molar-refractivity contribution in [1.82, 2.24) is 5.32 Å². The van der Waals surface area contributed by atoms with E-state index in [0.29, 0.717) is 12.1 Å². The van der Waals surface area contributed by atoms with Crippen molar-refractivity contribution in [3.05, 3.63) is 29.3 Å². The molecule has 0 spiro atoms. The van der Waals surface area contributed by atoms with Crippen LogP contribution in [0.15, 0.2) is 18.2 Å². The van der Waals surface area contributed by atoms with Gasteiger partial charge in [0.1, 0.15) is 0 Å². The van der Waals surface area contributed by atoms with Gasteiger partial charge >= 0.3 is 0 Å². The Labute approximate surface area is 103 Å². The molecule has 3 rings (SSSR count). The van der Waals surface area contributed by atoms with Gasteiger partial charge in [-0.2, -0.15) is 0 Å². The van der Waals surface area contributed by atoms with Gasteiger partial charge in [-0.3, -0.25) is 0 Å². The van der Waals surface area contributed by atoms with Gasteiger partial charge in [0.05, 0.1) is 6.10 Å². The molecule has 0 unspecified atom stereocenters. The van der Waals surface area contributed by atoms with Crippen LogP contribution < -0.4 is 10.6 Å². The third-order valence-electron chi connectivity index (χ3n) is 3.90. The Morgan fingerprint density at radius 3 is 3.12 bits per heavy atom. The maximum atomic E-state index is 5.28. The highest BCUT2D eigenvalue weighted by molar-refractivity contribution is 5.56. The summed E-state index contributed by atoms with van der Waals surface area (Å²) in [7, 11) is 1.80. The predicted molar refractivity (Wildman–Crippen MR) is 69.3 cm³/mol. The number of nitrogens with one attached hydrogen (secondary N) is 2. The number of methoxy groups -OCH3 is 1. The molecule has 0 atom stereocenters. The van der Waals surface area contributed by atoms with E-state index < -0.39 is 0 Å². The van der Waals surface area contributed by atoms with Crippen molar-refractivity contribution in [3.63, 3.8) is 0 Å². The SMILES string of the molecule is COC1CC(NCc2ccc3c(c2)CCN3)C1. The van der Waals surface area contributed by atoms with Crippen LogP contribution in [0.4, 0.5) is 5.69 Å². The van der Waals surface area contributed by atoms with Gasteiger partial charge in [-0.1, -0.05) is 12.1 Å². The van der Waals surface area contributed by atoms with Gasteiger partial charge in [0.15, 0.2) is 0 Å². The Morgan fingerprint density at radius 2 is 2.29 bits per heavy atom. The number of anilines is 1. The van der Waals surface area contributed by atoms with E-state index in [9.17, 15) is 0 Å². The molecular weight excluding hydrogens is 212 g/mol. The summed E-state index contributed by atoms with van der Waals surface area (Å²) in [5.41, 5.74) is 4.18. The second kappa shape index (κ2) is 4.67. The molecule has 1 aromatic rings. The maximum absolute atomic E-state index is 5.28. The number of benzene rings is 1. The Hall–Kier alpha value is -1.06. The van der Waals surface area contributed by atoms with Crippen LogP contribution in [0.1, 0.15) is 24.0 Å². The Bertz CT molecular complexity index is 399. The van der Waals surface area contributed by atoms with Crippen LogP contribution in [0.25, 0.3) is 0 Å². The second-order valence-corrected chi connectivity index (χ2v) is 5.08. The monoisotopic (exact) mass is 232 g/mol. The molecule has 0 radical (unpaired) electrons. The molecule has 0 amide bonds. The first-order valence-electron chi connectivity index (χ1n) is 6.47. The van der Waals surface area contributed by atoms with Crippen molar-refractivity contribution in [3.8, 4) is 0 Å². The molecule has 1 aliphatic carbocycles. The van der Waals surface area contributed by atoms with E-state index in [0.717, 1.165) is 25.9 Å². The molecule has 0 bridgehead atoms. The highest BCUT2D eigenvalue weighted by Crippen LogP contribution is 2.25. The third kappa shape index (κ3) is 2.31. The fraction of sp³-hybridized carbons (Fsp3) is 0.571. The molecule has 1 aliphatic heterocycles. The van der Waals surface area contributed by atoms with Gasteiger partial charge in [0.2, 0.25) is 0 Å². The lowest BCUT2D eigenvalue weighted by Gasteiger charge is -2.34. The van der Waals surface area contributed by atoms with Gasteiger partial charge in [0, 0.05) is 31.9 Å². The minimum absolute atomic E-state index is 0.483. The van der Waals surface area contributed by atoms with E-state index in [-0.39, 0.29) is 0 Å². The molecule has 1 heterocycles. The zero-order valence-corrected chi connectivity index (χ0v) is 10.3. The number of hydrogen-bond acceptors (Lipinski definition) is 3. The average Bonchev–Trinajstić information content (AvgIpc) is 2.74. The fourth-order valence-electron chi connectivity index (χ4n) is 2.66. The van der Waals surface area contributed by atoms with Crippen molar-refractivity contribution in [2.45, 2.75) is 38.0 Å². The number of rotatable bonds is 4. The summed E-state index contributed by atoms with van der Waals surface area (Å²) in [6, 6.07) is 7.40. The molecule has 1 fully saturated rings. The van der Waals surface area contributed by atoms with Crippen LogP contribution in [0.5, 0.6) is 0 Å². The van der Waals surface area contributed by atoms with Crippen LogP contribution in [0, 0.1) is 0 Å². The largest absolute Gasteiger partial charge is 0.384 e. The van der Waals surface area contributed by atoms with Crippen LogP contribution >= 0.6 is 0 Å². The quantitative estimate of drug-likeness (QED) is 0.832. The van der Waals surface area contributed by atoms with Crippen LogP contribution in [-0.2, 0) is 17.7 Å². The van der Waals surface area contributed by atoms with Crippen molar-refractivity contribution >= 4 is 5.69 Å². The lowest BCUT2D eigenvalue weighted by Crippen LogP contribution is -2.44. The molecule has 92 valence electrons. The van der Waals surface area contributed by atoms with Gasteiger partial charge < -0.3 is 15.4 Å². The third-order valence-corrected chi connectivity index (χ3v) is 3.90. The first-order valence-corrected chi connectivity index (χ1v) is 6.47. The minimum atomic E-state index is 0.483. The summed E-state index contributed by atoms with van der Waals surface area (Å²) in [6.07, 6.45) is 3.96. The van der Waals surface area contributed by atoms with Gasteiger partial charge in [-0.05, 0) is 36.5 Å². The summed E-state index contributed by atoms with van der Waals surface area (Å²) in [5, 5.41) is 6.98. The van der Waals surface area contributed by atoms with Gasteiger partial charge in [-0.15, -0.1) is 0 Å². The Morgan fingerprint density at radius 1 is 1.41 bits per heavy atom. The molecule has 0 aromatic heterocycles. The Balaban J connectivity index is 1.52. The topological polar surface area (TPSA) is 33.3 Å². The summed E-state index contributed by atoms with van der Waals surface area (Å²) < 4.78 is 5.28. The minimum Gasteiger partial charge on any atom is -0.384 e. The van der Waals surface area contributed by atoms with E-state index >= 15 is 0 Å². The van der Waals surface area contributed by atoms with E-state index in [2.05, 4.69) is 28.8 Å². The molecule has 1 saturated carbocycles. The lowest BCUT2D eigenvalue weighted by molar-refractivity contribution is 0.0170. The number of fused-ring (bicyclic) bond motifs is 1. The fourth-order valence-corrected chi connectivity index (χ4v) is 2.66. The Kier molecular flexibility index (Phi) is 3.04. The molecule has 2 N–H and O–H groups in total. The predicted octanol–water partition coefficient (Wildman–Crippen LogP) is 1.92. The van der Waals surface area contributed by atoms with Gasteiger partial charge in [-0.25, -0.2) is 0 Å². The van der Waals surface area contributed by atoms with E-state index in [4.69, 9.17) is 4.74 Å². The summed E-state index contributed by atoms with van der Waals surface area (Å²) in [4.78, 5) is 0. The number of hydrogen-bond donors (Lipinski definition) is 2. The normalized spacial score (nSPS) is 26.2. The molecule has 3 nitrogen and oxygen atoms in total. The maximum Gasteiger partial charge on any atom is 0.0601 e. The van der Waals surface area contributed by atoms with E-state index in [1.165, 1.54) is 23.2 Å². The standard InChI is InChI=1S/C14H20N2O/c1-17-13-7-12(8-13)16-9-10-2-3-14-11(6-10)4-5-15-14/h2-3,6,12-13,15-16H,4-5,7-9H2,1H3. The molecule has 0 saturated heterocycles. The van der Waals surface area contributed by atoms with Crippen molar-refractivity contribution in [2.24, 2.45) is 0 Å². The molecule has 2 aliphatic rings. The van der Waals surface area contributed by atoms with Crippen molar-refractivity contribution in [1.29, 1.82) is 0 Å². The van der Waals surface area contributed by atoms with Gasteiger partial charge in [0.25, 0.3) is 0 Å². The van der Waals surface area contributed by atoms with E-state index in [1.54, 1.807) is 7.11 Å². The zero-order valence-electron chi connectivity index (χ0n) is 10.3. The van der Waals surface area contributed by atoms with Crippen LogP contribution in [-0.4, -0.2) is 25.8 Å².